The molecule has 0 spiro atoms. The number of esters is 2. The molecule has 3 rings (SSSR count). The van der Waals surface area contributed by atoms with E-state index in [1.165, 1.54) is 38.3 Å². The number of ether oxygens (including phenoxy) is 4. The SMILES string of the molecule is COc1cc(C2=N/C(=C\c3cccc(OC(C)=O)c3)C(=O)O2)ccc1OC(F)F. The summed E-state index contributed by atoms with van der Waals surface area (Å²) in [7, 11) is 1.29. The lowest BCUT2D eigenvalue weighted by Crippen LogP contribution is -2.07. The highest BCUT2D eigenvalue weighted by Gasteiger charge is 2.25. The van der Waals surface area contributed by atoms with E-state index in [1.54, 1.807) is 24.3 Å². The number of carbonyl (C=O) groups is 2. The number of halogens is 2. The summed E-state index contributed by atoms with van der Waals surface area (Å²) in [6.45, 7) is -1.73. The van der Waals surface area contributed by atoms with E-state index in [-0.39, 0.29) is 23.1 Å². The molecule has 0 saturated carbocycles. The van der Waals surface area contributed by atoms with Crippen molar-refractivity contribution in [3.05, 3.63) is 59.3 Å². The molecule has 2 aromatic rings. The van der Waals surface area contributed by atoms with E-state index < -0.39 is 18.6 Å². The summed E-state index contributed by atoms with van der Waals surface area (Å²) in [6, 6.07) is 10.6. The fourth-order valence-electron chi connectivity index (χ4n) is 2.52. The predicted octanol–water partition coefficient (Wildman–Crippen LogP) is 3.57. The van der Waals surface area contributed by atoms with E-state index in [4.69, 9.17) is 14.2 Å². The first kappa shape index (κ1) is 20.0. The highest BCUT2D eigenvalue weighted by atomic mass is 19.3. The molecular weight excluding hydrogens is 388 g/mol. The van der Waals surface area contributed by atoms with E-state index in [0.29, 0.717) is 16.9 Å². The Balaban J connectivity index is 1.88. The minimum atomic E-state index is -3.01. The Bertz CT molecular complexity index is 1020. The van der Waals surface area contributed by atoms with Gasteiger partial charge in [0.1, 0.15) is 5.75 Å². The van der Waals surface area contributed by atoms with Crippen LogP contribution in [0.25, 0.3) is 6.08 Å². The molecule has 7 nitrogen and oxygen atoms in total. The van der Waals surface area contributed by atoms with Gasteiger partial charge in [-0.15, -0.1) is 0 Å². The monoisotopic (exact) mass is 403 g/mol. The summed E-state index contributed by atoms with van der Waals surface area (Å²) in [5.41, 5.74) is 0.930. The van der Waals surface area contributed by atoms with Crippen molar-refractivity contribution in [2.75, 3.05) is 7.11 Å². The van der Waals surface area contributed by atoms with Gasteiger partial charge in [0.2, 0.25) is 5.90 Å². The number of cyclic esters (lactones) is 1. The standard InChI is InChI=1S/C20H15F2NO6/c1-11(24)27-14-5-3-4-12(8-14)9-15-19(25)29-18(23-15)13-6-7-16(28-20(21)22)17(10-13)26-2/h3-10,20H,1-2H3/b15-9-. The number of aliphatic imine (C=N–C) groups is 1. The van der Waals surface area contributed by atoms with Gasteiger partial charge in [0, 0.05) is 12.5 Å². The van der Waals surface area contributed by atoms with Crippen molar-refractivity contribution in [3.8, 4) is 17.2 Å². The number of carbonyl (C=O) groups excluding carboxylic acids is 2. The molecular formula is C20H15F2NO6. The molecule has 2 aromatic carbocycles. The van der Waals surface area contributed by atoms with Gasteiger partial charge in [0.15, 0.2) is 17.2 Å². The summed E-state index contributed by atoms with van der Waals surface area (Å²) in [5, 5.41) is 0. The lowest BCUT2D eigenvalue weighted by Gasteiger charge is -2.10. The van der Waals surface area contributed by atoms with Crippen LogP contribution in [-0.2, 0) is 14.3 Å². The van der Waals surface area contributed by atoms with Gasteiger partial charge in [-0.05, 0) is 42.0 Å². The van der Waals surface area contributed by atoms with Crippen molar-refractivity contribution < 1.29 is 37.3 Å². The van der Waals surface area contributed by atoms with Gasteiger partial charge >= 0.3 is 18.6 Å². The molecule has 0 bridgehead atoms. The molecule has 0 N–H and O–H groups in total. The topological polar surface area (TPSA) is 83.4 Å². The molecule has 1 heterocycles. The Labute approximate surface area is 164 Å². The minimum absolute atomic E-state index is 0.0145. The second-order valence-corrected chi connectivity index (χ2v) is 5.75. The van der Waals surface area contributed by atoms with Crippen molar-refractivity contribution in [1.29, 1.82) is 0 Å². The second kappa shape index (κ2) is 8.51. The van der Waals surface area contributed by atoms with Gasteiger partial charge < -0.3 is 18.9 Å². The summed E-state index contributed by atoms with van der Waals surface area (Å²) < 4.78 is 44.4. The summed E-state index contributed by atoms with van der Waals surface area (Å²) >= 11 is 0. The molecule has 0 saturated heterocycles. The van der Waals surface area contributed by atoms with Crippen LogP contribution in [0.4, 0.5) is 8.78 Å². The van der Waals surface area contributed by atoms with E-state index in [1.807, 2.05) is 0 Å². The first-order valence-corrected chi connectivity index (χ1v) is 8.30. The second-order valence-electron chi connectivity index (χ2n) is 5.75. The van der Waals surface area contributed by atoms with Crippen LogP contribution < -0.4 is 14.2 Å². The number of rotatable bonds is 6. The van der Waals surface area contributed by atoms with E-state index in [0.717, 1.165) is 0 Å². The molecule has 29 heavy (non-hydrogen) atoms. The van der Waals surface area contributed by atoms with E-state index >= 15 is 0 Å². The van der Waals surface area contributed by atoms with Crippen LogP contribution in [-0.4, -0.2) is 31.6 Å². The van der Waals surface area contributed by atoms with Gasteiger partial charge in [-0.3, -0.25) is 4.79 Å². The van der Waals surface area contributed by atoms with Crippen LogP contribution in [0, 0.1) is 0 Å². The number of hydrogen-bond donors (Lipinski definition) is 0. The Morgan fingerprint density at radius 2 is 1.97 bits per heavy atom. The third-order valence-corrected chi connectivity index (χ3v) is 3.67. The van der Waals surface area contributed by atoms with Gasteiger partial charge in [-0.2, -0.15) is 8.78 Å². The predicted molar refractivity (Wildman–Crippen MR) is 98.0 cm³/mol. The molecule has 0 amide bonds. The molecule has 0 aromatic heterocycles. The molecule has 9 heteroatoms. The highest BCUT2D eigenvalue weighted by Crippen LogP contribution is 2.31. The molecule has 0 fully saturated rings. The third kappa shape index (κ3) is 4.95. The van der Waals surface area contributed by atoms with Crippen molar-refractivity contribution in [1.82, 2.24) is 0 Å². The average Bonchev–Trinajstić information content (AvgIpc) is 3.02. The Morgan fingerprint density at radius 3 is 2.66 bits per heavy atom. The zero-order valence-corrected chi connectivity index (χ0v) is 15.3. The fraction of sp³-hybridized carbons (Fsp3) is 0.150. The first-order chi connectivity index (χ1) is 13.9. The summed E-state index contributed by atoms with van der Waals surface area (Å²) in [6.07, 6.45) is 1.47. The summed E-state index contributed by atoms with van der Waals surface area (Å²) in [4.78, 5) is 27.4. The van der Waals surface area contributed by atoms with Crippen LogP contribution in [0.1, 0.15) is 18.1 Å². The smallest absolute Gasteiger partial charge is 0.387 e. The van der Waals surface area contributed by atoms with Gasteiger partial charge in [-0.1, -0.05) is 12.1 Å². The van der Waals surface area contributed by atoms with Gasteiger partial charge in [0.05, 0.1) is 7.11 Å². The zero-order valence-electron chi connectivity index (χ0n) is 15.3. The van der Waals surface area contributed by atoms with E-state index in [9.17, 15) is 18.4 Å². The number of benzene rings is 2. The maximum Gasteiger partial charge on any atom is 0.387 e. The molecule has 0 unspecified atom stereocenters. The molecule has 1 aliphatic rings. The van der Waals surface area contributed by atoms with Gasteiger partial charge in [-0.25, -0.2) is 9.79 Å². The van der Waals surface area contributed by atoms with E-state index in [2.05, 4.69) is 9.73 Å². The van der Waals surface area contributed by atoms with Gasteiger partial charge in [0.25, 0.3) is 0 Å². The number of nitrogens with zero attached hydrogens (tertiary/aromatic N) is 1. The molecule has 0 aliphatic carbocycles. The number of methoxy groups -OCH3 is 1. The minimum Gasteiger partial charge on any atom is -0.493 e. The summed E-state index contributed by atoms with van der Waals surface area (Å²) in [5.74, 6) is -0.975. The lowest BCUT2D eigenvalue weighted by molar-refractivity contribution is -0.132. The third-order valence-electron chi connectivity index (χ3n) is 3.67. The normalized spacial score (nSPS) is 14.6. The Hall–Kier alpha value is -3.75. The van der Waals surface area contributed by atoms with Crippen molar-refractivity contribution in [3.63, 3.8) is 0 Å². The highest BCUT2D eigenvalue weighted by molar-refractivity contribution is 6.13. The number of hydrogen-bond acceptors (Lipinski definition) is 7. The van der Waals surface area contributed by atoms with Crippen LogP contribution in [0.5, 0.6) is 17.2 Å². The maximum atomic E-state index is 12.4. The Kier molecular flexibility index (Phi) is 5.87. The lowest BCUT2D eigenvalue weighted by atomic mass is 10.2. The molecule has 1 aliphatic heterocycles. The molecule has 0 radical (unpaired) electrons. The molecule has 150 valence electrons. The van der Waals surface area contributed by atoms with Crippen molar-refractivity contribution >= 4 is 23.9 Å². The Morgan fingerprint density at radius 1 is 1.17 bits per heavy atom. The number of alkyl halides is 2. The van der Waals surface area contributed by atoms with Crippen LogP contribution >= 0.6 is 0 Å². The van der Waals surface area contributed by atoms with Crippen molar-refractivity contribution in [2.45, 2.75) is 13.5 Å². The zero-order chi connectivity index (χ0) is 21.0. The fourth-order valence-corrected chi connectivity index (χ4v) is 2.52. The quantitative estimate of drug-likeness (QED) is 0.417. The largest absolute Gasteiger partial charge is 0.493 e. The van der Waals surface area contributed by atoms with Crippen LogP contribution in [0.2, 0.25) is 0 Å². The van der Waals surface area contributed by atoms with Crippen LogP contribution in [0.15, 0.2) is 53.2 Å². The molecule has 0 atom stereocenters. The maximum absolute atomic E-state index is 12.4. The van der Waals surface area contributed by atoms with Crippen molar-refractivity contribution in [2.24, 2.45) is 4.99 Å². The average molecular weight is 403 g/mol. The first-order valence-electron chi connectivity index (χ1n) is 8.30. The van der Waals surface area contributed by atoms with Crippen LogP contribution in [0.3, 0.4) is 0 Å².